The Labute approximate surface area is 109 Å². The van der Waals surface area contributed by atoms with Gasteiger partial charge in [-0.05, 0) is 25.5 Å². The number of nitrogens with one attached hydrogen (secondary N) is 2. The number of anilines is 1. The highest BCUT2D eigenvalue weighted by atomic mass is 19.1. The highest BCUT2D eigenvalue weighted by Crippen LogP contribution is 2.25. The van der Waals surface area contributed by atoms with E-state index in [1.54, 1.807) is 0 Å². The van der Waals surface area contributed by atoms with E-state index in [4.69, 9.17) is 0 Å². The van der Waals surface area contributed by atoms with Crippen molar-refractivity contribution in [3.8, 4) is 0 Å². The minimum atomic E-state index is -0.649. The van der Waals surface area contributed by atoms with Gasteiger partial charge in [-0.25, -0.2) is 4.39 Å². The number of carbonyl (C=O) groups excluding carboxylic acids is 1. The summed E-state index contributed by atoms with van der Waals surface area (Å²) in [5.41, 5.74) is -0.423. The highest BCUT2D eigenvalue weighted by molar-refractivity contribution is 5.96. The molecule has 0 saturated carbocycles. The lowest BCUT2D eigenvalue weighted by Crippen LogP contribution is -2.43. The van der Waals surface area contributed by atoms with E-state index in [0.717, 1.165) is 37.6 Å². The predicted octanol–water partition coefficient (Wildman–Crippen LogP) is 1.81. The Hall–Kier alpha value is -2.02. The van der Waals surface area contributed by atoms with E-state index in [1.165, 1.54) is 0 Å². The van der Waals surface area contributed by atoms with E-state index in [9.17, 15) is 19.3 Å². The number of nitro benzene ring substituents is 1. The number of carbonyl (C=O) groups is 1. The van der Waals surface area contributed by atoms with Crippen molar-refractivity contribution in [2.24, 2.45) is 0 Å². The zero-order valence-electron chi connectivity index (χ0n) is 10.2. The number of nitrogens with zero attached hydrogens (tertiary/aromatic N) is 1. The molecule has 1 aromatic rings. The van der Waals surface area contributed by atoms with Gasteiger partial charge in [-0.2, -0.15) is 0 Å². The summed E-state index contributed by atoms with van der Waals surface area (Å²) in [4.78, 5) is 22.1. The molecule has 7 heteroatoms. The highest BCUT2D eigenvalue weighted by Gasteiger charge is 2.23. The maximum atomic E-state index is 13.1. The lowest BCUT2D eigenvalue weighted by molar-refractivity contribution is -0.384. The van der Waals surface area contributed by atoms with E-state index < -0.39 is 10.7 Å². The minimum absolute atomic E-state index is 0.109. The Kier molecular flexibility index (Phi) is 4.06. The van der Waals surface area contributed by atoms with Gasteiger partial charge in [0.15, 0.2) is 0 Å². The molecule has 1 aliphatic heterocycles. The molecule has 0 spiro atoms. The third-order valence-electron chi connectivity index (χ3n) is 3.04. The fourth-order valence-electron chi connectivity index (χ4n) is 2.06. The van der Waals surface area contributed by atoms with Crippen LogP contribution in [0.25, 0.3) is 0 Å². The van der Waals surface area contributed by atoms with E-state index >= 15 is 0 Å². The van der Waals surface area contributed by atoms with E-state index in [0.29, 0.717) is 6.42 Å². The third-order valence-corrected chi connectivity index (χ3v) is 3.04. The number of rotatable bonds is 3. The number of hydrogen-bond donors (Lipinski definition) is 2. The van der Waals surface area contributed by atoms with Crippen LogP contribution in [0.4, 0.5) is 15.8 Å². The Balaban J connectivity index is 2.15. The molecule has 2 N–H and O–H groups in total. The number of piperidine rings is 1. The van der Waals surface area contributed by atoms with Crippen molar-refractivity contribution in [1.82, 2.24) is 5.32 Å². The van der Waals surface area contributed by atoms with Gasteiger partial charge in [-0.3, -0.25) is 14.9 Å². The fraction of sp³-hybridized carbons (Fsp3) is 0.417. The molecule has 1 heterocycles. The van der Waals surface area contributed by atoms with Gasteiger partial charge in [0.1, 0.15) is 11.5 Å². The average Bonchev–Trinajstić information content (AvgIpc) is 2.39. The first kappa shape index (κ1) is 13.4. The van der Waals surface area contributed by atoms with Gasteiger partial charge in [0.25, 0.3) is 5.69 Å². The van der Waals surface area contributed by atoms with E-state index in [-0.39, 0.29) is 23.3 Å². The molecule has 1 atom stereocenters. The molecule has 102 valence electrons. The minimum Gasteiger partial charge on any atom is -0.319 e. The van der Waals surface area contributed by atoms with E-state index in [2.05, 4.69) is 10.6 Å². The van der Waals surface area contributed by atoms with Gasteiger partial charge in [0.2, 0.25) is 5.91 Å². The molecule has 1 amide bonds. The van der Waals surface area contributed by atoms with Crippen LogP contribution in [0.5, 0.6) is 0 Å². The van der Waals surface area contributed by atoms with Gasteiger partial charge in [-0.15, -0.1) is 0 Å². The smallest absolute Gasteiger partial charge is 0.292 e. The third kappa shape index (κ3) is 3.25. The average molecular weight is 267 g/mol. The predicted molar refractivity (Wildman–Crippen MR) is 67.3 cm³/mol. The standard InChI is InChI=1S/C12H14FN3O3/c13-8-4-5-11(16(18)19)10(7-8)15-12(17)9-3-1-2-6-14-9/h4-5,7,9,14H,1-3,6H2,(H,15,17)/t9-/m0/s1. The summed E-state index contributed by atoms with van der Waals surface area (Å²) in [6, 6.07) is 2.61. The molecule has 0 unspecified atom stereocenters. The lowest BCUT2D eigenvalue weighted by Gasteiger charge is -2.22. The maximum Gasteiger partial charge on any atom is 0.292 e. The fourth-order valence-corrected chi connectivity index (χ4v) is 2.06. The van der Waals surface area contributed by atoms with Gasteiger partial charge in [0, 0.05) is 12.1 Å². The Morgan fingerprint density at radius 2 is 2.26 bits per heavy atom. The summed E-state index contributed by atoms with van der Waals surface area (Å²) in [6.07, 6.45) is 2.61. The molecule has 19 heavy (non-hydrogen) atoms. The first-order valence-corrected chi connectivity index (χ1v) is 6.06. The summed E-state index contributed by atoms with van der Waals surface area (Å²) in [5, 5.41) is 16.3. The second-order valence-electron chi connectivity index (χ2n) is 4.41. The van der Waals surface area contributed by atoms with Crippen molar-refractivity contribution in [1.29, 1.82) is 0 Å². The van der Waals surface area contributed by atoms with Crippen LogP contribution in [0.2, 0.25) is 0 Å². The van der Waals surface area contributed by atoms with Crippen molar-refractivity contribution >= 4 is 17.3 Å². The molecule has 6 nitrogen and oxygen atoms in total. The van der Waals surface area contributed by atoms with Crippen LogP contribution >= 0.6 is 0 Å². The zero-order valence-corrected chi connectivity index (χ0v) is 10.2. The monoisotopic (exact) mass is 267 g/mol. The summed E-state index contributed by atoms with van der Waals surface area (Å²) in [7, 11) is 0. The molecular weight excluding hydrogens is 253 g/mol. The van der Waals surface area contributed by atoms with Gasteiger partial charge in [-0.1, -0.05) is 6.42 Å². The van der Waals surface area contributed by atoms with Crippen LogP contribution in [0.1, 0.15) is 19.3 Å². The topological polar surface area (TPSA) is 84.3 Å². The van der Waals surface area contributed by atoms with Gasteiger partial charge >= 0.3 is 0 Å². The molecule has 1 aliphatic rings. The first-order valence-electron chi connectivity index (χ1n) is 6.06. The van der Waals surface area contributed by atoms with Gasteiger partial charge < -0.3 is 10.6 Å². The molecule has 2 rings (SSSR count). The van der Waals surface area contributed by atoms with Crippen molar-refractivity contribution < 1.29 is 14.1 Å². The largest absolute Gasteiger partial charge is 0.319 e. The molecule has 1 saturated heterocycles. The van der Waals surface area contributed by atoms with Crippen LogP contribution in [0.15, 0.2) is 18.2 Å². The van der Waals surface area contributed by atoms with Crippen LogP contribution in [-0.4, -0.2) is 23.4 Å². The number of hydrogen-bond acceptors (Lipinski definition) is 4. The summed E-state index contributed by atoms with van der Waals surface area (Å²) < 4.78 is 13.1. The molecule has 0 radical (unpaired) electrons. The van der Waals surface area contributed by atoms with Crippen molar-refractivity contribution in [3.63, 3.8) is 0 Å². The van der Waals surface area contributed by atoms with Crippen molar-refractivity contribution in [2.75, 3.05) is 11.9 Å². The Morgan fingerprint density at radius 1 is 1.47 bits per heavy atom. The molecule has 1 fully saturated rings. The lowest BCUT2D eigenvalue weighted by atomic mass is 10.0. The number of halogens is 1. The Morgan fingerprint density at radius 3 is 2.89 bits per heavy atom. The van der Waals surface area contributed by atoms with Crippen molar-refractivity contribution in [3.05, 3.63) is 34.1 Å². The SMILES string of the molecule is O=C(Nc1cc(F)ccc1[N+](=O)[O-])[C@@H]1CCCCN1. The summed E-state index contributed by atoms with van der Waals surface area (Å²) >= 11 is 0. The molecule has 0 bridgehead atoms. The number of benzene rings is 1. The number of nitro groups is 1. The van der Waals surface area contributed by atoms with Crippen molar-refractivity contribution in [2.45, 2.75) is 25.3 Å². The van der Waals surface area contributed by atoms with Crippen LogP contribution in [0.3, 0.4) is 0 Å². The Bertz CT molecular complexity index is 501. The summed E-state index contributed by atoms with van der Waals surface area (Å²) in [6.45, 7) is 0.739. The molecule has 0 aromatic heterocycles. The second kappa shape index (κ2) is 5.75. The molecule has 1 aromatic carbocycles. The summed E-state index contributed by atoms with van der Waals surface area (Å²) in [5.74, 6) is -0.995. The molecule has 0 aliphatic carbocycles. The van der Waals surface area contributed by atoms with Gasteiger partial charge in [0.05, 0.1) is 11.0 Å². The molecular formula is C12H14FN3O3. The second-order valence-corrected chi connectivity index (χ2v) is 4.41. The first-order chi connectivity index (χ1) is 9.08. The maximum absolute atomic E-state index is 13.1. The van der Waals surface area contributed by atoms with Crippen LogP contribution in [-0.2, 0) is 4.79 Å². The van der Waals surface area contributed by atoms with Crippen LogP contribution < -0.4 is 10.6 Å². The normalized spacial score (nSPS) is 18.9. The quantitative estimate of drug-likeness (QED) is 0.646. The number of amides is 1. The zero-order chi connectivity index (χ0) is 13.8. The van der Waals surface area contributed by atoms with E-state index in [1.807, 2.05) is 0 Å². The van der Waals surface area contributed by atoms with Crippen LogP contribution in [0, 0.1) is 15.9 Å².